The van der Waals surface area contributed by atoms with Crippen molar-refractivity contribution in [2.75, 3.05) is 24.2 Å². The Morgan fingerprint density at radius 3 is 2.67 bits per heavy atom. The quantitative estimate of drug-likeness (QED) is 0.671. The van der Waals surface area contributed by atoms with Gasteiger partial charge in [-0.3, -0.25) is 4.98 Å². The molecule has 27 heavy (non-hydrogen) atoms. The number of thioether (sulfide) groups is 1. The average Bonchev–Trinajstić information content (AvgIpc) is 2.73. The third-order valence-corrected chi connectivity index (χ3v) is 6.24. The predicted octanol–water partition coefficient (Wildman–Crippen LogP) is 4.61. The van der Waals surface area contributed by atoms with E-state index in [1.54, 1.807) is 18.0 Å². The number of aryl methyl sites for hydroxylation is 1. The number of aliphatic hydroxyl groups is 1. The van der Waals surface area contributed by atoms with Gasteiger partial charge in [0.05, 0.1) is 17.3 Å². The van der Waals surface area contributed by atoms with E-state index in [4.69, 9.17) is 4.98 Å². The fraction of sp³-hybridized carbons (Fsp3) is 0.364. The largest absolute Gasteiger partial charge is 0.387 e. The number of pyridine rings is 2. The van der Waals surface area contributed by atoms with Crippen LogP contribution in [0.15, 0.2) is 53.6 Å². The zero-order valence-electron chi connectivity index (χ0n) is 15.8. The van der Waals surface area contributed by atoms with Crippen LogP contribution in [0.4, 0.5) is 5.82 Å². The fourth-order valence-electron chi connectivity index (χ4n) is 3.89. The lowest BCUT2D eigenvalue weighted by molar-refractivity contribution is 0.0890. The molecule has 3 heterocycles. The number of aromatic nitrogens is 2. The Kier molecular flexibility index (Phi) is 5.32. The molecule has 4 rings (SSSR count). The summed E-state index contributed by atoms with van der Waals surface area (Å²) in [7, 11) is 0. The first-order valence-corrected chi connectivity index (χ1v) is 10.7. The lowest BCUT2D eigenvalue weighted by Crippen LogP contribution is -2.36. The number of piperidine rings is 1. The molecule has 1 atom stereocenters. The van der Waals surface area contributed by atoms with Crippen LogP contribution in [0.2, 0.25) is 0 Å². The van der Waals surface area contributed by atoms with Crippen LogP contribution in [0.5, 0.6) is 0 Å². The first kappa shape index (κ1) is 18.3. The second-order valence-corrected chi connectivity index (χ2v) is 8.08. The minimum absolute atomic E-state index is 0.251. The molecule has 1 aromatic carbocycles. The maximum Gasteiger partial charge on any atom is 0.129 e. The minimum Gasteiger partial charge on any atom is -0.387 e. The van der Waals surface area contributed by atoms with Gasteiger partial charge >= 0.3 is 0 Å². The van der Waals surface area contributed by atoms with Crippen molar-refractivity contribution in [2.24, 2.45) is 5.92 Å². The molecule has 0 radical (unpaired) electrons. The number of benzene rings is 1. The highest BCUT2D eigenvalue weighted by Crippen LogP contribution is 2.32. The Hall–Kier alpha value is -2.11. The van der Waals surface area contributed by atoms with E-state index >= 15 is 0 Å². The van der Waals surface area contributed by atoms with Gasteiger partial charge in [0.15, 0.2) is 0 Å². The van der Waals surface area contributed by atoms with Gasteiger partial charge in [0.2, 0.25) is 0 Å². The van der Waals surface area contributed by atoms with E-state index in [0.717, 1.165) is 43.0 Å². The van der Waals surface area contributed by atoms with Crippen LogP contribution in [-0.2, 0) is 0 Å². The molecule has 4 nitrogen and oxygen atoms in total. The van der Waals surface area contributed by atoms with E-state index < -0.39 is 6.10 Å². The van der Waals surface area contributed by atoms with Crippen LogP contribution in [0.3, 0.4) is 0 Å². The van der Waals surface area contributed by atoms with Crippen LogP contribution >= 0.6 is 11.8 Å². The first-order chi connectivity index (χ1) is 13.2. The summed E-state index contributed by atoms with van der Waals surface area (Å²) >= 11 is 1.75. The van der Waals surface area contributed by atoms with Crippen LogP contribution in [0.1, 0.15) is 30.2 Å². The van der Waals surface area contributed by atoms with Crippen LogP contribution < -0.4 is 4.90 Å². The molecular weight excluding hydrogens is 354 g/mol. The molecule has 0 amide bonds. The molecule has 2 aromatic heterocycles. The zero-order valence-corrected chi connectivity index (χ0v) is 16.6. The number of rotatable bonds is 4. The van der Waals surface area contributed by atoms with Gasteiger partial charge in [0.1, 0.15) is 5.82 Å². The van der Waals surface area contributed by atoms with Crippen molar-refractivity contribution in [1.82, 2.24) is 9.97 Å². The van der Waals surface area contributed by atoms with E-state index in [1.807, 2.05) is 18.2 Å². The lowest BCUT2D eigenvalue weighted by atomic mass is 9.89. The standard InChI is InChI=1S/C22H25N3OS/c1-15-13-21(24-20-14-17(27-2)6-7-18(15)20)25-11-8-16(9-12-25)22(26)19-5-3-4-10-23-19/h3-7,10,13-14,16,22,26H,8-9,11-12H2,1-2H3. The van der Waals surface area contributed by atoms with Gasteiger partial charge < -0.3 is 10.0 Å². The maximum absolute atomic E-state index is 10.6. The molecule has 1 fully saturated rings. The number of nitrogens with zero attached hydrogens (tertiary/aromatic N) is 3. The summed E-state index contributed by atoms with van der Waals surface area (Å²) in [4.78, 5) is 12.8. The van der Waals surface area contributed by atoms with Gasteiger partial charge in [-0.15, -0.1) is 11.8 Å². The van der Waals surface area contributed by atoms with Gasteiger partial charge in [-0.2, -0.15) is 0 Å². The van der Waals surface area contributed by atoms with Crippen molar-refractivity contribution >= 4 is 28.5 Å². The topological polar surface area (TPSA) is 49.2 Å². The number of anilines is 1. The second kappa shape index (κ2) is 7.87. The molecule has 1 aliphatic heterocycles. The Morgan fingerprint density at radius 2 is 1.96 bits per heavy atom. The zero-order chi connectivity index (χ0) is 18.8. The van der Waals surface area contributed by atoms with Crippen molar-refractivity contribution in [3.8, 4) is 0 Å². The van der Waals surface area contributed by atoms with Gasteiger partial charge in [-0.25, -0.2) is 4.98 Å². The van der Waals surface area contributed by atoms with E-state index in [2.05, 4.69) is 47.3 Å². The molecule has 0 saturated carbocycles. The van der Waals surface area contributed by atoms with E-state index in [9.17, 15) is 5.11 Å². The summed E-state index contributed by atoms with van der Waals surface area (Å²) < 4.78 is 0. The fourth-order valence-corrected chi connectivity index (χ4v) is 4.32. The third kappa shape index (κ3) is 3.80. The molecule has 0 aliphatic carbocycles. The van der Waals surface area contributed by atoms with Crippen LogP contribution in [0, 0.1) is 12.8 Å². The molecule has 0 spiro atoms. The Balaban J connectivity index is 1.51. The molecule has 1 saturated heterocycles. The lowest BCUT2D eigenvalue weighted by Gasteiger charge is -2.35. The molecular formula is C22H25N3OS. The number of hydrogen-bond donors (Lipinski definition) is 1. The van der Waals surface area contributed by atoms with Gasteiger partial charge in [0.25, 0.3) is 0 Å². The first-order valence-electron chi connectivity index (χ1n) is 9.45. The minimum atomic E-state index is -0.483. The van der Waals surface area contributed by atoms with Gasteiger partial charge in [-0.1, -0.05) is 12.1 Å². The van der Waals surface area contributed by atoms with Crippen LogP contribution in [-0.4, -0.2) is 34.4 Å². The highest BCUT2D eigenvalue weighted by molar-refractivity contribution is 7.98. The summed E-state index contributed by atoms with van der Waals surface area (Å²) in [5.41, 5.74) is 3.10. The second-order valence-electron chi connectivity index (χ2n) is 7.20. The molecule has 140 valence electrons. The maximum atomic E-state index is 10.6. The molecule has 5 heteroatoms. The van der Waals surface area contributed by atoms with Crippen molar-refractivity contribution in [2.45, 2.75) is 30.8 Å². The number of aliphatic hydroxyl groups excluding tert-OH is 1. The summed E-state index contributed by atoms with van der Waals surface area (Å²) in [6, 6.07) is 14.4. The number of hydrogen-bond acceptors (Lipinski definition) is 5. The van der Waals surface area contributed by atoms with Crippen molar-refractivity contribution in [1.29, 1.82) is 0 Å². The van der Waals surface area contributed by atoms with E-state index in [-0.39, 0.29) is 5.92 Å². The van der Waals surface area contributed by atoms with Gasteiger partial charge in [0, 0.05) is 29.6 Å². The summed E-state index contributed by atoms with van der Waals surface area (Å²) in [5.74, 6) is 1.30. The Morgan fingerprint density at radius 1 is 1.15 bits per heavy atom. The smallest absolute Gasteiger partial charge is 0.129 e. The predicted molar refractivity (Wildman–Crippen MR) is 112 cm³/mol. The van der Waals surface area contributed by atoms with E-state index in [0.29, 0.717) is 0 Å². The third-order valence-electron chi connectivity index (χ3n) is 5.51. The van der Waals surface area contributed by atoms with Crippen molar-refractivity contribution in [3.63, 3.8) is 0 Å². The normalized spacial score (nSPS) is 16.6. The summed E-state index contributed by atoms with van der Waals surface area (Å²) in [6.07, 6.45) is 5.25. The molecule has 1 aliphatic rings. The molecule has 1 N–H and O–H groups in total. The van der Waals surface area contributed by atoms with Crippen molar-refractivity contribution in [3.05, 3.63) is 59.9 Å². The SMILES string of the molecule is CSc1ccc2c(C)cc(N3CCC(C(O)c4ccccn4)CC3)nc2c1. The molecule has 3 aromatic rings. The highest BCUT2D eigenvalue weighted by Gasteiger charge is 2.27. The highest BCUT2D eigenvalue weighted by atomic mass is 32.2. The van der Waals surface area contributed by atoms with Crippen molar-refractivity contribution < 1.29 is 5.11 Å². The number of fused-ring (bicyclic) bond motifs is 1. The van der Waals surface area contributed by atoms with E-state index in [1.165, 1.54) is 15.8 Å². The molecule has 1 unspecified atom stereocenters. The molecule has 0 bridgehead atoms. The van der Waals surface area contributed by atoms with Gasteiger partial charge in [-0.05, 0) is 67.8 Å². The average molecular weight is 380 g/mol. The monoisotopic (exact) mass is 379 g/mol. The summed E-state index contributed by atoms with van der Waals surface area (Å²) in [6.45, 7) is 3.98. The Bertz CT molecular complexity index is 923. The van der Waals surface area contributed by atoms with Crippen LogP contribution in [0.25, 0.3) is 10.9 Å². The summed E-state index contributed by atoms with van der Waals surface area (Å²) in [5, 5.41) is 11.9. The Labute approximate surface area is 164 Å².